The van der Waals surface area contributed by atoms with E-state index in [4.69, 9.17) is 5.26 Å². The molecular formula is C15H11F2NOS. The first-order chi connectivity index (χ1) is 9.51. The molecule has 0 aliphatic carbocycles. The summed E-state index contributed by atoms with van der Waals surface area (Å²) in [6.07, 6.45) is -0.712. The molecule has 0 heterocycles. The van der Waals surface area contributed by atoms with E-state index in [1.165, 1.54) is 17.8 Å². The second-order valence-corrected chi connectivity index (χ2v) is 5.33. The van der Waals surface area contributed by atoms with Gasteiger partial charge in [-0.1, -0.05) is 17.8 Å². The van der Waals surface area contributed by atoms with Crippen LogP contribution in [-0.4, -0.2) is 5.11 Å². The van der Waals surface area contributed by atoms with Gasteiger partial charge in [-0.25, -0.2) is 8.78 Å². The van der Waals surface area contributed by atoms with Crippen molar-refractivity contribution in [1.29, 1.82) is 5.26 Å². The monoisotopic (exact) mass is 291 g/mol. The summed E-state index contributed by atoms with van der Waals surface area (Å²) >= 11 is 1.18. The average Bonchev–Trinajstić information content (AvgIpc) is 2.42. The third kappa shape index (κ3) is 3.16. The van der Waals surface area contributed by atoms with E-state index in [0.717, 1.165) is 12.1 Å². The molecule has 20 heavy (non-hydrogen) atoms. The van der Waals surface area contributed by atoms with Gasteiger partial charge in [0.05, 0.1) is 17.7 Å². The topological polar surface area (TPSA) is 44.0 Å². The number of hydrogen-bond donors (Lipinski definition) is 1. The highest BCUT2D eigenvalue weighted by Crippen LogP contribution is 2.34. The van der Waals surface area contributed by atoms with E-state index in [-0.39, 0.29) is 0 Å². The Morgan fingerprint density at radius 2 is 1.90 bits per heavy atom. The van der Waals surface area contributed by atoms with Gasteiger partial charge < -0.3 is 5.11 Å². The average molecular weight is 291 g/mol. The van der Waals surface area contributed by atoms with Crippen LogP contribution in [0.4, 0.5) is 8.78 Å². The molecule has 0 aromatic heterocycles. The van der Waals surface area contributed by atoms with Crippen molar-refractivity contribution in [1.82, 2.24) is 0 Å². The van der Waals surface area contributed by atoms with Crippen LogP contribution in [0.25, 0.3) is 0 Å². The van der Waals surface area contributed by atoms with E-state index in [1.807, 2.05) is 6.07 Å². The van der Waals surface area contributed by atoms with E-state index in [1.54, 1.807) is 25.1 Å². The zero-order chi connectivity index (χ0) is 14.7. The highest BCUT2D eigenvalue weighted by Gasteiger charge is 2.11. The minimum absolute atomic E-state index is 0.444. The van der Waals surface area contributed by atoms with Crippen LogP contribution in [0.1, 0.15) is 24.2 Å². The number of benzene rings is 2. The van der Waals surface area contributed by atoms with Crippen LogP contribution in [0.15, 0.2) is 46.2 Å². The Morgan fingerprint density at radius 3 is 2.50 bits per heavy atom. The largest absolute Gasteiger partial charge is 0.389 e. The van der Waals surface area contributed by atoms with Crippen LogP contribution < -0.4 is 0 Å². The van der Waals surface area contributed by atoms with Gasteiger partial charge in [0, 0.05) is 9.79 Å². The van der Waals surface area contributed by atoms with Crippen molar-refractivity contribution in [2.45, 2.75) is 22.8 Å². The fourth-order valence-electron chi connectivity index (χ4n) is 1.70. The van der Waals surface area contributed by atoms with Gasteiger partial charge in [0.25, 0.3) is 0 Å². The summed E-state index contributed by atoms with van der Waals surface area (Å²) in [4.78, 5) is 1.14. The lowest BCUT2D eigenvalue weighted by molar-refractivity contribution is 0.196. The number of aliphatic hydroxyl groups excluding tert-OH is 1. The molecule has 0 fully saturated rings. The summed E-state index contributed by atoms with van der Waals surface area (Å²) in [5.41, 5.74) is 1.08. The van der Waals surface area contributed by atoms with Gasteiger partial charge in [-0.05, 0) is 42.8 Å². The molecule has 2 aromatic rings. The Hall–Kier alpha value is -1.90. The van der Waals surface area contributed by atoms with Crippen LogP contribution in [0.2, 0.25) is 0 Å². The molecule has 0 saturated heterocycles. The molecule has 0 spiro atoms. The Balaban J connectivity index is 2.40. The first-order valence-corrected chi connectivity index (χ1v) is 6.68. The number of hydrogen-bond acceptors (Lipinski definition) is 3. The van der Waals surface area contributed by atoms with Crippen molar-refractivity contribution >= 4 is 11.8 Å². The Bertz CT molecular complexity index is 680. The second kappa shape index (κ2) is 6.04. The maximum atomic E-state index is 13.2. The van der Waals surface area contributed by atoms with Crippen molar-refractivity contribution in [3.8, 4) is 6.07 Å². The maximum Gasteiger partial charge on any atom is 0.159 e. The second-order valence-electron chi connectivity index (χ2n) is 4.22. The lowest BCUT2D eigenvalue weighted by atomic mass is 10.1. The smallest absolute Gasteiger partial charge is 0.159 e. The summed E-state index contributed by atoms with van der Waals surface area (Å²) in [7, 11) is 0. The standard InChI is InChI=1S/C15H11F2NOS/c1-9(19)12-4-2-10(8-18)6-15(12)20-11-3-5-13(16)14(17)7-11/h2-7,9,19H,1H3/t9-/m1/s1. The lowest BCUT2D eigenvalue weighted by Gasteiger charge is -2.12. The molecule has 1 atom stereocenters. The minimum Gasteiger partial charge on any atom is -0.389 e. The van der Waals surface area contributed by atoms with Crippen LogP contribution in [-0.2, 0) is 0 Å². The predicted molar refractivity (Wildman–Crippen MR) is 72.3 cm³/mol. The summed E-state index contributed by atoms with van der Waals surface area (Å²) < 4.78 is 26.1. The third-order valence-electron chi connectivity index (χ3n) is 2.71. The minimum atomic E-state index is -0.926. The van der Waals surface area contributed by atoms with E-state index >= 15 is 0 Å². The molecule has 102 valence electrons. The van der Waals surface area contributed by atoms with Gasteiger partial charge in [0.1, 0.15) is 0 Å². The Labute approximate surface area is 119 Å². The van der Waals surface area contributed by atoms with Crippen LogP contribution in [0, 0.1) is 23.0 Å². The lowest BCUT2D eigenvalue weighted by Crippen LogP contribution is -1.95. The molecule has 0 radical (unpaired) electrons. The summed E-state index contributed by atoms with van der Waals surface area (Å²) in [5.74, 6) is -1.83. The zero-order valence-corrected chi connectivity index (χ0v) is 11.4. The fraction of sp³-hybridized carbons (Fsp3) is 0.133. The molecule has 2 nitrogen and oxygen atoms in total. The summed E-state index contributed by atoms with van der Waals surface area (Å²) in [6, 6.07) is 10.5. The van der Waals surface area contributed by atoms with Crippen molar-refractivity contribution in [3.05, 3.63) is 59.2 Å². The van der Waals surface area contributed by atoms with Gasteiger partial charge in [0.15, 0.2) is 11.6 Å². The van der Waals surface area contributed by atoms with Crippen LogP contribution >= 0.6 is 11.8 Å². The third-order valence-corrected chi connectivity index (χ3v) is 3.77. The number of halogens is 2. The Morgan fingerprint density at radius 1 is 1.15 bits per heavy atom. The SMILES string of the molecule is C[C@@H](O)c1ccc(C#N)cc1Sc1ccc(F)c(F)c1. The summed E-state index contributed by atoms with van der Waals surface area (Å²) in [5, 5.41) is 18.6. The predicted octanol–water partition coefficient (Wildman–Crippen LogP) is 4.04. The van der Waals surface area contributed by atoms with Gasteiger partial charge >= 0.3 is 0 Å². The quantitative estimate of drug-likeness (QED) is 0.928. The molecule has 2 aromatic carbocycles. The molecule has 0 aliphatic heterocycles. The fourth-order valence-corrected chi connectivity index (χ4v) is 2.80. The van der Waals surface area contributed by atoms with Crippen LogP contribution in [0.5, 0.6) is 0 Å². The van der Waals surface area contributed by atoms with Gasteiger partial charge in [-0.3, -0.25) is 0 Å². The van der Waals surface area contributed by atoms with E-state index in [9.17, 15) is 13.9 Å². The Kier molecular flexibility index (Phi) is 4.38. The van der Waals surface area contributed by atoms with Gasteiger partial charge in [0.2, 0.25) is 0 Å². The van der Waals surface area contributed by atoms with E-state index in [2.05, 4.69) is 0 Å². The molecule has 0 bridgehead atoms. The molecule has 2 rings (SSSR count). The number of aliphatic hydroxyl groups is 1. The first-order valence-electron chi connectivity index (χ1n) is 5.86. The zero-order valence-electron chi connectivity index (χ0n) is 10.6. The first kappa shape index (κ1) is 14.5. The maximum absolute atomic E-state index is 13.2. The van der Waals surface area contributed by atoms with Crippen molar-refractivity contribution in [2.24, 2.45) is 0 Å². The van der Waals surface area contributed by atoms with Crippen molar-refractivity contribution in [2.75, 3.05) is 0 Å². The molecule has 1 N–H and O–H groups in total. The van der Waals surface area contributed by atoms with Gasteiger partial charge in [-0.15, -0.1) is 0 Å². The van der Waals surface area contributed by atoms with Crippen molar-refractivity contribution < 1.29 is 13.9 Å². The van der Waals surface area contributed by atoms with E-state index in [0.29, 0.717) is 20.9 Å². The molecular weight excluding hydrogens is 280 g/mol. The van der Waals surface area contributed by atoms with Gasteiger partial charge in [-0.2, -0.15) is 5.26 Å². The molecule has 0 unspecified atom stereocenters. The molecule has 0 amide bonds. The van der Waals surface area contributed by atoms with E-state index < -0.39 is 17.7 Å². The van der Waals surface area contributed by atoms with Crippen molar-refractivity contribution in [3.63, 3.8) is 0 Å². The summed E-state index contributed by atoms with van der Waals surface area (Å²) in [6.45, 7) is 1.61. The molecule has 0 aliphatic rings. The normalized spacial score (nSPS) is 11.9. The number of rotatable bonds is 3. The molecule has 5 heteroatoms. The van der Waals surface area contributed by atoms with Crippen LogP contribution in [0.3, 0.4) is 0 Å². The number of nitrogens with zero attached hydrogens (tertiary/aromatic N) is 1. The molecule has 0 saturated carbocycles. The highest BCUT2D eigenvalue weighted by atomic mass is 32.2. The number of nitriles is 1. The highest BCUT2D eigenvalue weighted by molar-refractivity contribution is 7.99.